The van der Waals surface area contributed by atoms with Crippen LogP contribution in [0, 0.1) is 13.8 Å². The average Bonchev–Trinajstić information content (AvgIpc) is 3.02. The molecule has 8 heteroatoms. The van der Waals surface area contributed by atoms with Gasteiger partial charge in [-0.05, 0) is 55.1 Å². The van der Waals surface area contributed by atoms with E-state index >= 15 is 0 Å². The Labute approximate surface area is 191 Å². The van der Waals surface area contributed by atoms with E-state index in [1.165, 1.54) is 11.9 Å². The molecule has 7 nitrogen and oxygen atoms in total. The number of aryl methyl sites for hydroxylation is 2. The monoisotopic (exact) mass is 447 g/mol. The van der Waals surface area contributed by atoms with E-state index in [4.69, 9.17) is 9.72 Å². The topological polar surface area (TPSA) is 79.4 Å². The second-order valence-corrected chi connectivity index (χ2v) is 8.99. The van der Waals surface area contributed by atoms with Crippen LogP contribution in [0.25, 0.3) is 11.3 Å². The van der Waals surface area contributed by atoms with Gasteiger partial charge in [0.1, 0.15) is 6.10 Å². The molecule has 3 aromatic rings. The van der Waals surface area contributed by atoms with Crippen LogP contribution in [0.1, 0.15) is 21.5 Å². The van der Waals surface area contributed by atoms with Crippen LogP contribution in [0.2, 0.25) is 0 Å². The van der Waals surface area contributed by atoms with E-state index in [1.54, 1.807) is 0 Å². The molecule has 2 N–H and O–H groups in total. The van der Waals surface area contributed by atoms with Crippen LogP contribution in [0.3, 0.4) is 0 Å². The first kappa shape index (κ1) is 20.8. The number of nitrogens with one attached hydrogen (secondary N) is 2. The molecule has 1 amide bonds. The lowest BCUT2D eigenvalue weighted by Gasteiger charge is -2.24. The summed E-state index contributed by atoms with van der Waals surface area (Å²) < 4.78 is 9.55. The SMILES string of the molecule is Cc1cccc(C)c1-c1cc2nc(n1)NSc1cccc(c1)C(=O)N1CCNC[C@H](C1)O2. The second kappa shape index (κ2) is 8.80. The van der Waals surface area contributed by atoms with Crippen molar-refractivity contribution in [3.8, 4) is 17.1 Å². The predicted molar refractivity (Wildman–Crippen MR) is 126 cm³/mol. The zero-order valence-electron chi connectivity index (χ0n) is 18.1. The van der Waals surface area contributed by atoms with Gasteiger partial charge in [-0.1, -0.05) is 24.3 Å². The average molecular weight is 448 g/mol. The maximum Gasteiger partial charge on any atom is 0.254 e. The molecule has 0 aliphatic carbocycles. The molecule has 164 valence electrons. The maximum atomic E-state index is 13.2. The molecule has 0 saturated carbocycles. The molecule has 1 atom stereocenters. The largest absolute Gasteiger partial charge is 0.471 e. The highest BCUT2D eigenvalue weighted by Gasteiger charge is 2.25. The third-order valence-electron chi connectivity index (χ3n) is 5.71. The Balaban J connectivity index is 1.60. The highest BCUT2D eigenvalue weighted by Crippen LogP contribution is 2.31. The minimum Gasteiger partial charge on any atom is -0.471 e. The van der Waals surface area contributed by atoms with Crippen LogP contribution in [0.5, 0.6) is 5.88 Å². The van der Waals surface area contributed by atoms with Crippen molar-refractivity contribution in [3.05, 3.63) is 65.2 Å². The summed E-state index contributed by atoms with van der Waals surface area (Å²) in [7, 11) is 0. The van der Waals surface area contributed by atoms with Crippen molar-refractivity contribution in [2.75, 3.05) is 30.9 Å². The molecule has 5 rings (SSSR count). The maximum absolute atomic E-state index is 13.2. The minimum absolute atomic E-state index is 0.0121. The van der Waals surface area contributed by atoms with E-state index in [9.17, 15) is 4.79 Å². The summed E-state index contributed by atoms with van der Waals surface area (Å²) in [6, 6.07) is 15.7. The fraction of sp³-hybridized carbons (Fsp3) is 0.292. The molecule has 2 aromatic carbocycles. The number of carbonyl (C=O) groups excluding carboxylic acids is 1. The Morgan fingerprint density at radius 1 is 1.09 bits per heavy atom. The number of amides is 1. The molecule has 3 heterocycles. The third-order valence-corrected chi connectivity index (χ3v) is 6.48. The number of hydrogen-bond donors (Lipinski definition) is 2. The fourth-order valence-electron chi connectivity index (χ4n) is 4.17. The number of benzene rings is 2. The van der Waals surface area contributed by atoms with Gasteiger partial charge in [-0.3, -0.25) is 9.52 Å². The zero-order valence-corrected chi connectivity index (χ0v) is 18.9. The van der Waals surface area contributed by atoms with Gasteiger partial charge in [-0.15, -0.1) is 0 Å². The van der Waals surface area contributed by atoms with Crippen LogP contribution in [0.15, 0.2) is 53.4 Å². The first-order valence-electron chi connectivity index (χ1n) is 10.7. The summed E-state index contributed by atoms with van der Waals surface area (Å²) in [5.74, 6) is 0.977. The Morgan fingerprint density at radius 3 is 2.75 bits per heavy atom. The summed E-state index contributed by atoms with van der Waals surface area (Å²) in [4.78, 5) is 25.3. The van der Waals surface area contributed by atoms with Gasteiger partial charge in [0.2, 0.25) is 11.8 Å². The summed E-state index contributed by atoms with van der Waals surface area (Å²) in [5, 5.41) is 3.38. The van der Waals surface area contributed by atoms with Crippen molar-refractivity contribution < 1.29 is 9.53 Å². The van der Waals surface area contributed by atoms with Crippen LogP contribution in [0.4, 0.5) is 5.95 Å². The highest BCUT2D eigenvalue weighted by molar-refractivity contribution is 8.00. The minimum atomic E-state index is -0.216. The Kier molecular flexibility index (Phi) is 5.71. The standard InChI is InChI=1S/C24H25N5O2S/c1-15-5-3-6-16(2)22(15)20-12-21-27-24(26-20)28-32-19-8-4-7-17(11-19)23(30)29-10-9-25-13-18(14-29)31-21/h3-8,11-12,18,25H,9-10,13-14H2,1-2H3,(H,26,27,28)/t18-/m1/s1. The van der Waals surface area contributed by atoms with Crippen molar-refractivity contribution in [3.63, 3.8) is 0 Å². The molecular formula is C24H25N5O2S. The number of carbonyl (C=O) groups is 1. The fourth-order valence-corrected chi connectivity index (χ4v) is 4.80. The van der Waals surface area contributed by atoms with E-state index < -0.39 is 0 Å². The van der Waals surface area contributed by atoms with Crippen molar-refractivity contribution in [1.82, 2.24) is 20.2 Å². The lowest BCUT2D eigenvalue weighted by Crippen LogP contribution is -2.40. The van der Waals surface area contributed by atoms with Crippen LogP contribution in [-0.2, 0) is 0 Å². The van der Waals surface area contributed by atoms with Crippen LogP contribution < -0.4 is 14.8 Å². The summed E-state index contributed by atoms with van der Waals surface area (Å²) in [6.45, 7) is 6.67. The Bertz CT molecular complexity index is 1150. The summed E-state index contributed by atoms with van der Waals surface area (Å²) in [6.07, 6.45) is -0.216. The van der Waals surface area contributed by atoms with Gasteiger partial charge in [0, 0.05) is 41.7 Å². The highest BCUT2D eigenvalue weighted by atomic mass is 32.2. The number of hydrogen-bond acceptors (Lipinski definition) is 7. The summed E-state index contributed by atoms with van der Waals surface area (Å²) in [5.41, 5.74) is 4.85. The van der Waals surface area contributed by atoms with Gasteiger partial charge in [-0.25, -0.2) is 4.98 Å². The van der Waals surface area contributed by atoms with E-state index in [0.717, 1.165) is 33.8 Å². The van der Waals surface area contributed by atoms with Gasteiger partial charge < -0.3 is 15.0 Å². The van der Waals surface area contributed by atoms with E-state index in [1.807, 2.05) is 41.3 Å². The van der Waals surface area contributed by atoms with Crippen molar-refractivity contribution in [1.29, 1.82) is 0 Å². The number of aromatic nitrogens is 2. The molecule has 1 saturated heterocycles. The Hall–Kier alpha value is -3.10. The molecule has 1 fully saturated rings. The molecular weight excluding hydrogens is 422 g/mol. The molecule has 2 aliphatic rings. The van der Waals surface area contributed by atoms with Crippen LogP contribution >= 0.6 is 11.9 Å². The molecule has 2 aliphatic heterocycles. The molecule has 0 spiro atoms. The lowest BCUT2D eigenvalue weighted by atomic mass is 10.00. The normalized spacial score (nSPS) is 18.4. The number of anilines is 1. The van der Waals surface area contributed by atoms with E-state index in [-0.39, 0.29) is 12.0 Å². The molecule has 6 bridgehead atoms. The quantitative estimate of drug-likeness (QED) is 0.551. The molecule has 0 unspecified atom stereocenters. The van der Waals surface area contributed by atoms with Gasteiger partial charge in [-0.2, -0.15) is 4.98 Å². The van der Waals surface area contributed by atoms with Crippen molar-refractivity contribution in [2.24, 2.45) is 0 Å². The lowest BCUT2D eigenvalue weighted by molar-refractivity contribution is 0.0693. The molecule has 32 heavy (non-hydrogen) atoms. The number of nitrogens with zero attached hydrogens (tertiary/aromatic N) is 3. The number of rotatable bonds is 1. The molecule has 0 radical (unpaired) electrons. The molecule has 1 aromatic heterocycles. The van der Waals surface area contributed by atoms with Gasteiger partial charge in [0.15, 0.2) is 0 Å². The first-order valence-corrected chi connectivity index (χ1v) is 11.5. The van der Waals surface area contributed by atoms with E-state index in [0.29, 0.717) is 37.0 Å². The summed E-state index contributed by atoms with van der Waals surface area (Å²) >= 11 is 1.38. The van der Waals surface area contributed by atoms with E-state index in [2.05, 4.69) is 41.0 Å². The number of ether oxygens (including phenoxy) is 1. The van der Waals surface area contributed by atoms with Crippen molar-refractivity contribution >= 4 is 23.8 Å². The third kappa shape index (κ3) is 4.28. The van der Waals surface area contributed by atoms with Gasteiger partial charge in [0.25, 0.3) is 5.91 Å². The van der Waals surface area contributed by atoms with Crippen molar-refractivity contribution in [2.45, 2.75) is 24.8 Å². The zero-order chi connectivity index (χ0) is 22.1. The number of fused-ring (bicyclic) bond motifs is 6. The van der Waals surface area contributed by atoms with Crippen LogP contribution in [-0.4, -0.2) is 53.1 Å². The Morgan fingerprint density at radius 2 is 1.91 bits per heavy atom. The van der Waals surface area contributed by atoms with Gasteiger partial charge >= 0.3 is 0 Å². The predicted octanol–water partition coefficient (Wildman–Crippen LogP) is 3.69. The smallest absolute Gasteiger partial charge is 0.254 e. The second-order valence-electron chi connectivity index (χ2n) is 8.11. The van der Waals surface area contributed by atoms with Gasteiger partial charge in [0.05, 0.1) is 12.2 Å². The first-order chi connectivity index (χ1) is 15.6.